The molecule has 0 amide bonds. The molecular weight excluding hydrogens is 242 g/mol. The fraction of sp³-hybridized carbons (Fsp3) is 0.417. The Balaban J connectivity index is 2.16. The van der Waals surface area contributed by atoms with Crippen molar-refractivity contribution in [3.05, 3.63) is 33.9 Å². The van der Waals surface area contributed by atoms with E-state index < -0.39 is 0 Å². The SMILES string of the molecule is O=c1sc2ccccc2n1CCCCCCl. The van der Waals surface area contributed by atoms with Gasteiger partial charge >= 0.3 is 4.87 Å². The van der Waals surface area contributed by atoms with Gasteiger partial charge in [0.2, 0.25) is 0 Å². The van der Waals surface area contributed by atoms with E-state index in [1.54, 1.807) is 0 Å². The number of para-hydroxylation sites is 1. The highest BCUT2D eigenvalue weighted by Crippen LogP contribution is 2.16. The first-order valence-corrected chi connectivity index (χ1v) is 6.82. The molecule has 0 unspecified atom stereocenters. The summed E-state index contributed by atoms with van der Waals surface area (Å²) < 4.78 is 2.94. The van der Waals surface area contributed by atoms with Crippen LogP contribution in [0.25, 0.3) is 10.2 Å². The van der Waals surface area contributed by atoms with E-state index in [0.717, 1.165) is 36.0 Å². The molecule has 0 aliphatic rings. The molecule has 0 saturated heterocycles. The number of fused-ring (bicyclic) bond motifs is 1. The average Bonchev–Trinajstić information content (AvgIpc) is 2.61. The van der Waals surface area contributed by atoms with E-state index in [2.05, 4.69) is 0 Å². The van der Waals surface area contributed by atoms with E-state index in [1.807, 2.05) is 28.8 Å². The smallest absolute Gasteiger partial charge is 0.299 e. The van der Waals surface area contributed by atoms with Gasteiger partial charge in [-0.25, -0.2) is 0 Å². The molecule has 1 aromatic carbocycles. The molecule has 16 heavy (non-hydrogen) atoms. The molecule has 0 spiro atoms. The van der Waals surface area contributed by atoms with Crippen LogP contribution in [0.2, 0.25) is 0 Å². The standard InChI is InChI=1S/C12H14ClNOS/c13-8-4-1-5-9-14-10-6-2-3-7-11(10)16-12(14)15/h2-3,6-7H,1,4-5,8-9H2. The van der Waals surface area contributed by atoms with Crippen LogP contribution in [0, 0.1) is 0 Å². The summed E-state index contributed by atoms with van der Waals surface area (Å²) in [6.45, 7) is 0.805. The number of unbranched alkanes of at least 4 members (excludes halogenated alkanes) is 2. The van der Waals surface area contributed by atoms with Gasteiger partial charge in [-0.05, 0) is 25.0 Å². The van der Waals surface area contributed by atoms with Gasteiger partial charge in [-0.15, -0.1) is 11.6 Å². The van der Waals surface area contributed by atoms with E-state index in [1.165, 1.54) is 11.3 Å². The molecule has 2 nitrogen and oxygen atoms in total. The van der Waals surface area contributed by atoms with Crippen molar-refractivity contribution in [2.45, 2.75) is 25.8 Å². The van der Waals surface area contributed by atoms with Gasteiger partial charge in [-0.2, -0.15) is 0 Å². The van der Waals surface area contributed by atoms with Crippen molar-refractivity contribution in [3.8, 4) is 0 Å². The highest BCUT2D eigenvalue weighted by atomic mass is 35.5. The summed E-state index contributed by atoms with van der Waals surface area (Å²) in [5, 5.41) is 0. The van der Waals surface area contributed by atoms with Crippen LogP contribution < -0.4 is 4.87 Å². The van der Waals surface area contributed by atoms with Crippen LogP contribution in [0.3, 0.4) is 0 Å². The van der Waals surface area contributed by atoms with Crippen LogP contribution in [0.1, 0.15) is 19.3 Å². The van der Waals surface area contributed by atoms with Crippen LogP contribution in [0.5, 0.6) is 0 Å². The zero-order valence-corrected chi connectivity index (χ0v) is 10.6. The minimum Gasteiger partial charge on any atom is -0.299 e. The van der Waals surface area contributed by atoms with Crippen molar-refractivity contribution >= 4 is 33.2 Å². The van der Waals surface area contributed by atoms with Gasteiger partial charge in [0.15, 0.2) is 0 Å². The number of hydrogen-bond acceptors (Lipinski definition) is 2. The van der Waals surface area contributed by atoms with E-state index >= 15 is 0 Å². The third-order valence-corrected chi connectivity index (χ3v) is 3.82. The minimum absolute atomic E-state index is 0.145. The van der Waals surface area contributed by atoms with Gasteiger partial charge in [0, 0.05) is 12.4 Å². The molecule has 1 heterocycles. The summed E-state index contributed by atoms with van der Waals surface area (Å²) in [6.07, 6.45) is 3.13. The minimum atomic E-state index is 0.145. The lowest BCUT2D eigenvalue weighted by Crippen LogP contribution is -2.12. The van der Waals surface area contributed by atoms with Gasteiger partial charge < -0.3 is 0 Å². The van der Waals surface area contributed by atoms with Gasteiger partial charge in [0.05, 0.1) is 10.2 Å². The zero-order chi connectivity index (χ0) is 11.4. The molecule has 2 rings (SSSR count). The molecule has 4 heteroatoms. The highest BCUT2D eigenvalue weighted by Gasteiger charge is 2.05. The lowest BCUT2D eigenvalue weighted by atomic mass is 10.2. The largest absolute Gasteiger partial charge is 0.308 e. The first kappa shape index (κ1) is 11.7. The van der Waals surface area contributed by atoms with Gasteiger partial charge in [-0.3, -0.25) is 9.36 Å². The molecule has 0 aliphatic carbocycles. The number of nitrogens with zero attached hydrogens (tertiary/aromatic N) is 1. The van der Waals surface area contributed by atoms with Gasteiger partial charge in [-0.1, -0.05) is 29.9 Å². The molecule has 0 atom stereocenters. The number of benzene rings is 1. The summed E-state index contributed by atoms with van der Waals surface area (Å²) in [5.41, 5.74) is 1.06. The number of aryl methyl sites for hydroxylation is 1. The Hall–Kier alpha value is -0.800. The third kappa shape index (κ3) is 2.47. The fourth-order valence-corrected chi connectivity index (χ4v) is 2.87. The maximum atomic E-state index is 11.8. The van der Waals surface area contributed by atoms with Crippen molar-refractivity contribution < 1.29 is 0 Å². The number of rotatable bonds is 5. The Bertz CT molecular complexity index is 517. The molecule has 1 aromatic heterocycles. The van der Waals surface area contributed by atoms with Gasteiger partial charge in [0.1, 0.15) is 0 Å². The lowest BCUT2D eigenvalue weighted by molar-refractivity contribution is 0.610. The van der Waals surface area contributed by atoms with Gasteiger partial charge in [0.25, 0.3) is 0 Å². The maximum Gasteiger partial charge on any atom is 0.308 e. The first-order valence-electron chi connectivity index (χ1n) is 5.47. The van der Waals surface area contributed by atoms with Crippen molar-refractivity contribution in [3.63, 3.8) is 0 Å². The van der Waals surface area contributed by atoms with E-state index in [4.69, 9.17) is 11.6 Å². The number of alkyl halides is 1. The predicted octanol–water partition coefficient (Wildman–Crippen LogP) is 3.47. The third-order valence-electron chi connectivity index (χ3n) is 2.59. The maximum absolute atomic E-state index is 11.8. The second-order valence-corrected chi connectivity index (χ2v) is 5.11. The Morgan fingerprint density at radius 3 is 2.81 bits per heavy atom. The van der Waals surface area contributed by atoms with E-state index in [-0.39, 0.29) is 4.87 Å². The highest BCUT2D eigenvalue weighted by molar-refractivity contribution is 7.16. The molecule has 0 fully saturated rings. The normalized spacial score (nSPS) is 11.1. The van der Waals surface area contributed by atoms with Crippen molar-refractivity contribution in [2.75, 3.05) is 5.88 Å². The van der Waals surface area contributed by atoms with Crippen LogP contribution in [0.4, 0.5) is 0 Å². The van der Waals surface area contributed by atoms with Crippen molar-refractivity contribution in [2.24, 2.45) is 0 Å². The topological polar surface area (TPSA) is 22.0 Å². The average molecular weight is 256 g/mol. The Labute approximate surface area is 103 Å². The van der Waals surface area contributed by atoms with Crippen LogP contribution in [-0.4, -0.2) is 10.4 Å². The number of aromatic nitrogens is 1. The molecule has 0 radical (unpaired) electrons. The van der Waals surface area contributed by atoms with Crippen LogP contribution >= 0.6 is 22.9 Å². The van der Waals surface area contributed by atoms with E-state index in [9.17, 15) is 4.79 Å². The summed E-state index contributed by atoms with van der Waals surface area (Å²) >= 11 is 6.95. The molecule has 0 bridgehead atoms. The molecule has 2 aromatic rings. The Morgan fingerprint density at radius 1 is 1.19 bits per heavy atom. The van der Waals surface area contributed by atoms with Crippen molar-refractivity contribution in [1.29, 1.82) is 0 Å². The summed E-state index contributed by atoms with van der Waals surface area (Å²) in [4.78, 5) is 11.9. The molecule has 0 N–H and O–H groups in total. The Kier molecular flexibility index (Phi) is 4.02. The number of halogens is 1. The second-order valence-electron chi connectivity index (χ2n) is 3.74. The van der Waals surface area contributed by atoms with Crippen LogP contribution in [0.15, 0.2) is 29.1 Å². The zero-order valence-electron chi connectivity index (χ0n) is 8.99. The second kappa shape index (κ2) is 5.51. The summed E-state index contributed by atoms with van der Waals surface area (Å²) in [6, 6.07) is 7.95. The quantitative estimate of drug-likeness (QED) is 0.592. The summed E-state index contributed by atoms with van der Waals surface area (Å²) in [7, 11) is 0. The molecule has 86 valence electrons. The van der Waals surface area contributed by atoms with E-state index in [0.29, 0.717) is 5.88 Å². The number of thiazole rings is 1. The summed E-state index contributed by atoms with van der Waals surface area (Å²) in [5.74, 6) is 0.708. The molecule has 0 aliphatic heterocycles. The first-order chi connectivity index (χ1) is 7.83. The fourth-order valence-electron chi connectivity index (χ4n) is 1.77. The number of hydrogen-bond donors (Lipinski definition) is 0. The van der Waals surface area contributed by atoms with Crippen LogP contribution in [-0.2, 0) is 6.54 Å². The lowest BCUT2D eigenvalue weighted by Gasteiger charge is -2.02. The molecule has 0 saturated carbocycles. The monoisotopic (exact) mass is 255 g/mol. The predicted molar refractivity (Wildman–Crippen MR) is 70.7 cm³/mol. The van der Waals surface area contributed by atoms with Crippen molar-refractivity contribution in [1.82, 2.24) is 4.57 Å². The Morgan fingerprint density at radius 2 is 2.00 bits per heavy atom. The molecular formula is C12H14ClNOS.